The van der Waals surface area contributed by atoms with Crippen molar-refractivity contribution in [2.75, 3.05) is 13.7 Å². The van der Waals surface area contributed by atoms with Crippen molar-refractivity contribution in [3.8, 4) is 0 Å². The van der Waals surface area contributed by atoms with Crippen LogP contribution in [-0.2, 0) is 11.3 Å². The van der Waals surface area contributed by atoms with E-state index in [1.807, 2.05) is 0 Å². The fourth-order valence-corrected chi connectivity index (χ4v) is 1.86. The minimum absolute atomic E-state index is 0.317. The van der Waals surface area contributed by atoms with Crippen LogP contribution in [0.15, 0.2) is 6.20 Å². The Hall–Kier alpha value is -0.940. The molecule has 0 unspecified atom stereocenters. The Morgan fingerprint density at radius 3 is 3.00 bits per heavy atom. The summed E-state index contributed by atoms with van der Waals surface area (Å²) in [5, 5.41) is 4.18. The van der Waals surface area contributed by atoms with Crippen molar-refractivity contribution in [3.05, 3.63) is 16.1 Å². The Labute approximate surface area is 93.7 Å². The molecule has 4 nitrogen and oxygen atoms in total. The number of esters is 1. The maximum Gasteiger partial charge on any atom is 0.349 e. The molecule has 0 aliphatic rings. The molecule has 0 spiro atoms. The number of thiazole rings is 1. The first-order valence-electron chi connectivity index (χ1n) is 4.87. The highest BCUT2D eigenvalue weighted by molar-refractivity contribution is 7.13. The second kappa shape index (κ2) is 5.82. The predicted molar refractivity (Wildman–Crippen MR) is 60.0 cm³/mol. The average Bonchev–Trinajstić information content (AvgIpc) is 2.65. The third kappa shape index (κ3) is 3.97. The third-order valence-corrected chi connectivity index (χ3v) is 2.75. The van der Waals surface area contributed by atoms with Crippen LogP contribution in [0.5, 0.6) is 0 Å². The maximum atomic E-state index is 11.1. The number of nitrogens with zero attached hydrogens (tertiary/aromatic N) is 1. The topological polar surface area (TPSA) is 51.2 Å². The predicted octanol–water partition coefficient (Wildman–Crippen LogP) is 1.68. The molecule has 1 rings (SSSR count). The summed E-state index contributed by atoms with van der Waals surface area (Å²) < 4.78 is 4.60. The van der Waals surface area contributed by atoms with E-state index in [4.69, 9.17) is 0 Å². The summed E-state index contributed by atoms with van der Waals surface area (Å²) in [4.78, 5) is 15.8. The normalized spacial score (nSPS) is 10.7. The van der Waals surface area contributed by atoms with E-state index in [2.05, 4.69) is 28.9 Å². The van der Waals surface area contributed by atoms with E-state index < -0.39 is 0 Å². The molecule has 0 saturated heterocycles. The largest absolute Gasteiger partial charge is 0.465 e. The van der Waals surface area contributed by atoms with Crippen LogP contribution in [0.4, 0.5) is 0 Å². The van der Waals surface area contributed by atoms with E-state index >= 15 is 0 Å². The summed E-state index contributed by atoms with van der Waals surface area (Å²) in [7, 11) is 1.37. The van der Waals surface area contributed by atoms with Gasteiger partial charge in [-0.15, -0.1) is 11.3 Å². The Bertz CT molecular complexity index is 323. The fourth-order valence-electron chi connectivity index (χ4n) is 1.05. The van der Waals surface area contributed by atoms with Crippen LogP contribution >= 0.6 is 11.3 Å². The van der Waals surface area contributed by atoms with Gasteiger partial charge in [0.1, 0.15) is 9.88 Å². The number of aromatic nitrogens is 1. The molecular formula is C10H16N2O2S. The number of carbonyl (C=O) groups excluding carboxylic acids is 1. The van der Waals surface area contributed by atoms with Crippen molar-refractivity contribution in [1.29, 1.82) is 0 Å². The number of hydrogen-bond donors (Lipinski definition) is 1. The second-order valence-electron chi connectivity index (χ2n) is 3.63. The Balaban J connectivity index is 2.43. The van der Waals surface area contributed by atoms with Gasteiger partial charge in [-0.1, -0.05) is 13.8 Å². The van der Waals surface area contributed by atoms with Gasteiger partial charge < -0.3 is 10.1 Å². The molecule has 0 atom stereocenters. The molecule has 0 radical (unpaired) electrons. The number of hydrogen-bond acceptors (Lipinski definition) is 5. The molecule has 0 aliphatic carbocycles. The molecule has 0 amide bonds. The van der Waals surface area contributed by atoms with Crippen LogP contribution in [0.3, 0.4) is 0 Å². The Morgan fingerprint density at radius 1 is 1.67 bits per heavy atom. The quantitative estimate of drug-likeness (QED) is 0.779. The van der Waals surface area contributed by atoms with Crippen LogP contribution in [0.25, 0.3) is 0 Å². The molecule has 1 aromatic rings. The smallest absolute Gasteiger partial charge is 0.349 e. The van der Waals surface area contributed by atoms with Crippen molar-refractivity contribution in [2.24, 2.45) is 5.92 Å². The summed E-state index contributed by atoms with van der Waals surface area (Å²) in [6.07, 6.45) is 1.56. The van der Waals surface area contributed by atoms with Crippen molar-refractivity contribution < 1.29 is 9.53 Å². The molecule has 1 heterocycles. The van der Waals surface area contributed by atoms with Gasteiger partial charge in [-0.2, -0.15) is 0 Å². The van der Waals surface area contributed by atoms with Crippen molar-refractivity contribution >= 4 is 17.3 Å². The second-order valence-corrected chi connectivity index (χ2v) is 4.75. The maximum absolute atomic E-state index is 11.1. The van der Waals surface area contributed by atoms with Gasteiger partial charge in [0.05, 0.1) is 13.3 Å². The lowest BCUT2D eigenvalue weighted by atomic mass is 10.2. The van der Waals surface area contributed by atoms with Gasteiger partial charge in [0, 0.05) is 6.54 Å². The van der Waals surface area contributed by atoms with E-state index in [-0.39, 0.29) is 5.97 Å². The summed E-state index contributed by atoms with van der Waals surface area (Å²) in [5.41, 5.74) is 0. The van der Waals surface area contributed by atoms with Crippen molar-refractivity contribution in [3.63, 3.8) is 0 Å². The van der Waals surface area contributed by atoms with E-state index in [0.29, 0.717) is 17.3 Å². The number of carbonyl (C=O) groups is 1. The zero-order valence-corrected chi connectivity index (χ0v) is 10.1. The van der Waals surface area contributed by atoms with Crippen LogP contribution in [0, 0.1) is 5.92 Å². The van der Waals surface area contributed by atoms with Gasteiger partial charge in [-0.25, -0.2) is 9.78 Å². The van der Waals surface area contributed by atoms with Gasteiger partial charge in [-0.05, 0) is 12.5 Å². The average molecular weight is 228 g/mol. The molecule has 5 heteroatoms. The van der Waals surface area contributed by atoms with E-state index in [9.17, 15) is 4.79 Å². The molecule has 0 fully saturated rings. The Morgan fingerprint density at radius 2 is 2.40 bits per heavy atom. The molecule has 1 aromatic heterocycles. The van der Waals surface area contributed by atoms with Gasteiger partial charge >= 0.3 is 5.97 Å². The molecule has 1 N–H and O–H groups in total. The summed E-state index contributed by atoms with van der Waals surface area (Å²) in [6, 6.07) is 0. The number of ether oxygens (including phenoxy) is 1. The van der Waals surface area contributed by atoms with E-state index in [1.165, 1.54) is 18.4 Å². The summed E-state index contributed by atoms with van der Waals surface area (Å²) in [6.45, 7) is 5.95. The lowest BCUT2D eigenvalue weighted by molar-refractivity contribution is 0.0606. The lowest BCUT2D eigenvalue weighted by Gasteiger charge is -2.04. The van der Waals surface area contributed by atoms with E-state index in [1.54, 1.807) is 6.20 Å². The number of methoxy groups -OCH3 is 1. The highest BCUT2D eigenvalue weighted by atomic mass is 32.1. The van der Waals surface area contributed by atoms with E-state index in [0.717, 1.165) is 11.6 Å². The standard InChI is InChI=1S/C10H16N2O2S/c1-7(2)4-11-6-9-12-5-8(15-9)10(13)14-3/h5,7,11H,4,6H2,1-3H3. The highest BCUT2D eigenvalue weighted by Crippen LogP contribution is 2.13. The zero-order valence-electron chi connectivity index (χ0n) is 9.24. The zero-order chi connectivity index (χ0) is 11.3. The first kappa shape index (κ1) is 12.1. The molecule has 0 saturated carbocycles. The third-order valence-electron chi connectivity index (χ3n) is 1.77. The highest BCUT2D eigenvalue weighted by Gasteiger charge is 2.09. The number of rotatable bonds is 5. The van der Waals surface area contributed by atoms with Crippen LogP contribution in [-0.4, -0.2) is 24.6 Å². The molecule has 0 aliphatic heterocycles. The molecule has 15 heavy (non-hydrogen) atoms. The van der Waals surface area contributed by atoms with Gasteiger partial charge in [0.2, 0.25) is 0 Å². The Kier molecular flexibility index (Phi) is 4.71. The number of nitrogens with one attached hydrogen (secondary N) is 1. The van der Waals surface area contributed by atoms with Crippen LogP contribution < -0.4 is 5.32 Å². The molecular weight excluding hydrogens is 212 g/mol. The first-order chi connectivity index (χ1) is 7.13. The van der Waals surface area contributed by atoms with Crippen LogP contribution in [0.2, 0.25) is 0 Å². The fraction of sp³-hybridized carbons (Fsp3) is 0.600. The van der Waals surface area contributed by atoms with Crippen molar-refractivity contribution in [1.82, 2.24) is 10.3 Å². The lowest BCUT2D eigenvalue weighted by Crippen LogP contribution is -2.18. The monoisotopic (exact) mass is 228 g/mol. The minimum atomic E-state index is -0.317. The van der Waals surface area contributed by atoms with Crippen molar-refractivity contribution in [2.45, 2.75) is 20.4 Å². The van der Waals surface area contributed by atoms with Gasteiger partial charge in [0.15, 0.2) is 0 Å². The first-order valence-corrected chi connectivity index (χ1v) is 5.69. The summed E-state index contributed by atoms with van der Waals surface area (Å²) in [5.74, 6) is 0.299. The van der Waals surface area contributed by atoms with Gasteiger partial charge in [-0.3, -0.25) is 0 Å². The minimum Gasteiger partial charge on any atom is -0.465 e. The van der Waals surface area contributed by atoms with Gasteiger partial charge in [0.25, 0.3) is 0 Å². The molecule has 0 bridgehead atoms. The molecule has 0 aromatic carbocycles. The SMILES string of the molecule is COC(=O)c1cnc(CNCC(C)C)s1. The molecule has 84 valence electrons. The van der Waals surface area contributed by atoms with Crippen LogP contribution in [0.1, 0.15) is 28.5 Å². The summed E-state index contributed by atoms with van der Waals surface area (Å²) >= 11 is 1.37.